The molecule has 0 bridgehead atoms. The van der Waals surface area contributed by atoms with Crippen molar-refractivity contribution in [1.29, 1.82) is 0 Å². The van der Waals surface area contributed by atoms with Crippen molar-refractivity contribution in [2.24, 2.45) is 5.73 Å². The van der Waals surface area contributed by atoms with E-state index in [2.05, 4.69) is 0 Å². The highest BCUT2D eigenvalue weighted by Crippen LogP contribution is 2.39. The number of rotatable bonds is 5. The summed E-state index contributed by atoms with van der Waals surface area (Å²) in [5.41, 5.74) is 3.46. The summed E-state index contributed by atoms with van der Waals surface area (Å²) in [5.74, 6) is -0.475. The van der Waals surface area contributed by atoms with Crippen LogP contribution in [0.15, 0.2) is 42.5 Å². The van der Waals surface area contributed by atoms with Crippen LogP contribution in [0.3, 0.4) is 0 Å². The summed E-state index contributed by atoms with van der Waals surface area (Å²) in [5, 5.41) is 0. The van der Waals surface area contributed by atoms with E-state index in [0.717, 1.165) is 0 Å². The summed E-state index contributed by atoms with van der Waals surface area (Å²) in [4.78, 5) is 1.81. The molecule has 11 heteroatoms. The first-order chi connectivity index (χ1) is 15.3. The minimum Gasteiger partial charge on any atom is -0.349 e. The van der Waals surface area contributed by atoms with Crippen LogP contribution in [0.1, 0.15) is 48.2 Å². The maximum Gasteiger partial charge on any atom is 0.416 e. The van der Waals surface area contributed by atoms with Gasteiger partial charge in [0.2, 0.25) is 0 Å². The summed E-state index contributed by atoms with van der Waals surface area (Å²) >= 11 is 0. The molecule has 4 atom stereocenters. The molecule has 3 rings (SSSR count). The lowest BCUT2D eigenvalue weighted by Gasteiger charge is -2.43. The monoisotopic (exact) mass is 480 g/mol. The number of hydrogen-bond acceptors (Lipinski definition) is 4. The molecule has 3 unspecified atom stereocenters. The van der Waals surface area contributed by atoms with Crippen LogP contribution in [0.2, 0.25) is 0 Å². The predicted molar refractivity (Wildman–Crippen MR) is 105 cm³/mol. The topological polar surface area (TPSA) is 47.7 Å². The van der Waals surface area contributed by atoms with Crippen LogP contribution in [0, 0.1) is 5.82 Å². The van der Waals surface area contributed by atoms with Crippen LogP contribution in [0.25, 0.3) is 0 Å². The van der Waals surface area contributed by atoms with Crippen molar-refractivity contribution in [2.45, 2.75) is 50.8 Å². The molecule has 2 aromatic rings. The van der Waals surface area contributed by atoms with Crippen molar-refractivity contribution < 1.29 is 40.2 Å². The highest BCUT2D eigenvalue weighted by atomic mass is 19.4. The summed E-state index contributed by atoms with van der Waals surface area (Å²) in [6.45, 7) is 3.62. The first-order valence-corrected chi connectivity index (χ1v) is 10.1. The number of halogens is 7. The maximum atomic E-state index is 13.4. The second-order valence-corrected chi connectivity index (χ2v) is 7.83. The Morgan fingerprint density at radius 2 is 1.52 bits per heavy atom. The SMILES string of the molecule is CC(N)N1CCOC(O[C@H](C)c2cc(C(F)(F)F)cc(C(F)(F)F)c2)C1c1ccc(F)cc1. The number of ether oxygens (including phenoxy) is 2. The second-order valence-electron chi connectivity index (χ2n) is 7.83. The molecule has 0 aromatic heterocycles. The van der Waals surface area contributed by atoms with Crippen LogP contribution in [0.5, 0.6) is 0 Å². The maximum absolute atomic E-state index is 13.4. The van der Waals surface area contributed by atoms with E-state index in [0.29, 0.717) is 24.2 Å². The van der Waals surface area contributed by atoms with Gasteiger partial charge in [-0.05, 0) is 55.3 Å². The van der Waals surface area contributed by atoms with Crippen molar-refractivity contribution in [3.63, 3.8) is 0 Å². The van der Waals surface area contributed by atoms with Crippen molar-refractivity contribution in [3.05, 3.63) is 70.5 Å². The molecule has 33 heavy (non-hydrogen) atoms. The minimum atomic E-state index is -4.97. The first-order valence-electron chi connectivity index (χ1n) is 10.1. The van der Waals surface area contributed by atoms with E-state index in [1.165, 1.54) is 31.2 Å². The van der Waals surface area contributed by atoms with Gasteiger partial charge in [0, 0.05) is 6.54 Å². The van der Waals surface area contributed by atoms with Gasteiger partial charge in [-0.1, -0.05) is 12.1 Å². The fraction of sp³-hybridized carbons (Fsp3) is 0.455. The lowest BCUT2D eigenvalue weighted by molar-refractivity contribution is -0.234. The Bertz CT molecular complexity index is 913. The third-order valence-electron chi connectivity index (χ3n) is 5.40. The highest BCUT2D eigenvalue weighted by Gasteiger charge is 2.39. The van der Waals surface area contributed by atoms with Gasteiger partial charge in [0.05, 0.1) is 36.0 Å². The molecule has 0 amide bonds. The molecular weight excluding hydrogens is 457 g/mol. The molecule has 0 radical (unpaired) electrons. The lowest BCUT2D eigenvalue weighted by atomic mass is 10.0. The van der Waals surface area contributed by atoms with Gasteiger partial charge in [0.15, 0.2) is 6.29 Å². The van der Waals surface area contributed by atoms with Crippen LogP contribution >= 0.6 is 0 Å². The smallest absolute Gasteiger partial charge is 0.349 e. The minimum absolute atomic E-state index is 0.0620. The normalized spacial score (nSPS) is 22.2. The van der Waals surface area contributed by atoms with Crippen molar-refractivity contribution in [3.8, 4) is 0 Å². The summed E-state index contributed by atoms with van der Waals surface area (Å²) in [6.07, 6.45) is -12.7. The molecule has 0 aliphatic carbocycles. The Labute approximate surface area is 186 Å². The van der Waals surface area contributed by atoms with Crippen molar-refractivity contribution >= 4 is 0 Å². The Kier molecular flexibility index (Phi) is 7.37. The predicted octanol–water partition coefficient (Wildman–Crippen LogP) is 5.65. The van der Waals surface area contributed by atoms with Crippen LogP contribution < -0.4 is 5.73 Å². The van der Waals surface area contributed by atoms with E-state index in [-0.39, 0.29) is 18.2 Å². The van der Waals surface area contributed by atoms with Gasteiger partial charge < -0.3 is 15.2 Å². The van der Waals surface area contributed by atoms with E-state index in [1.807, 2.05) is 0 Å². The quantitative estimate of drug-likeness (QED) is 0.563. The van der Waals surface area contributed by atoms with Gasteiger partial charge in [0.25, 0.3) is 0 Å². The zero-order chi connectivity index (χ0) is 24.6. The summed E-state index contributed by atoms with van der Waals surface area (Å²) in [7, 11) is 0. The molecule has 1 heterocycles. The standard InChI is InChI=1S/C22H23F7N2O2/c1-12(15-9-16(21(24,25)26)11-17(10-15)22(27,28)29)33-20-19(14-3-5-18(23)6-4-14)31(13(2)30)7-8-32-20/h3-6,9-13,19-20H,7-8,30H2,1-2H3/t12-,13?,19?,20?/m1/s1. The molecule has 4 nitrogen and oxygen atoms in total. The van der Waals surface area contributed by atoms with E-state index < -0.39 is 53.9 Å². The van der Waals surface area contributed by atoms with Gasteiger partial charge in [-0.3, -0.25) is 4.90 Å². The summed E-state index contributed by atoms with van der Waals surface area (Å²) in [6, 6.07) is 6.10. The van der Waals surface area contributed by atoms with E-state index in [9.17, 15) is 30.7 Å². The molecule has 1 aliphatic rings. The largest absolute Gasteiger partial charge is 0.416 e. The average molecular weight is 480 g/mol. The molecule has 0 saturated carbocycles. The van der Waals surface area contributed by atoms with Gasteiger partial charge in [-0.2, -0.15) is 26.3 Å². The zero-order valence-electron chi connectivity index (χ0n) is 17.8. The zero-order valence-corrected chi connectivity index (χ0v) is 17.8. The van der Waals surface area contributed by atoms with Crippen LogP contribution in [-0.2, 0) is 21.8 Å². The molecule has 1 fully saturated rings. The molecule has 1 aliphatic heterocycles. The Balaban J connectivity index is 1.95. The highest BCUT2D eigenvalue weighted by molar-refractivity contribution is 5.34. The number of hydrogen-bond donors (Lipinski definition) is 1. The molecule has 182 valence electrons. The fourth-order valence-electron chi connectivity index (χ4n) is 3.73. The Morgan fingerprint density at radius 3 is 2.00 bits per heavy atom. The fourth-order valence-corrected chi connectivity index (χ4v) is 3.73. The van der Waals surface area contributed by atoms with Crippen LogP contribution in [-0.4, -0.2) is 30.5 Å². The third kappa shape index (κ3) is 6.03. The number of benzene rings is 2. The number of morpholine rings is 1. The number of alkyl halides is 6. The molecule has 2 aromatic carbocycles. The van der Waals surface area contributed by atoms with E-state index in [4.69, 9.17) is 15.2 Å². The van der Waals surface area contributed by atoms with Gasteiger partial charge in [-0.25, -0.2) is 4.39 Å². The second kappa shape index (κ2) is 9.57. The van der Waals surface area contributed by atoms with Crippen LogP contribution in [0.4, 0.5) is 30.7 Å². The number of nitrogens with zero attached hydrogens (tertiary/aromatic N) is 1. The Hall–Kier alpha value is -2.21. The average Bonchev–Trinajstić information content (AvgIpc) is 2.72. The summed E-state index contributed by atoms with van der Waals surface area (Å²) < 4.78 is 104. The molecular formula is C22H23F7N2O2. The number of nitrogens with two attached hydrogens (primary N) is 1. The van der Waals surface area contributed by atoms with Gasteiger partial charge >= 0.3 is 12.4 Å². The Morgan fingerprint density at radius 1 is 0.970 bits per heavy atom. The molecule has 2 N–H and O–H groups in total. The molecule has 0 spiro atoms. The molecule has 1 saturated heterocycles. The van der Waals surface area contributed by atoms with Crippen molar-refractivity contribution in [1.82, 2.24) is 4.90 Å². The van der Waals surface area contributed by atoms with Gasteiger partial charge in [0.1, 0.15) is 5.82 Å². The van der Waals surface area contributed by atoms with E-state index in [1.54, 1.807) is 11.8 Å². The lowest BCUT2D eigenvalue weighted by Crippen LogP contribution is -2.52. The third-order valence-corrected chi connectivity index (χ3v) is 5.40. The van der Waals surface area contributed by atoms with E-state index >= 15 is 0 Å². The van der Waals surface area contributed by atoms with Gasteiger partial charge in [-0.15, -0.1) is 0 Å². The van der Waals surface area contributed by atoms with Crippen molar-refractivity contribution in [2.75, 3.05) is 13.2 Å². The first kappa shape index (κ1) is 25.4.